The fourth-order valence-electron chi connectivity index (χ4n) is 3.47. The predicted molar refractivity (Wildman–Crippen MR) is 106 cm³/mol. The van der Waals surface area contributed by atoms with Crippen LogP contribution in [-0.2, 0) is 26.4 Å². The van der Waals surface area contributed by atoms with Gasteiger partial charge in [-0.3, -0.25) is 10.5 Å². The Balaban J connectivity index is 1.93. The summed E-state index contributed by atoms with van der Waals surface area (Å²) < 4.78 is 15.8. The van der Waals surface area contributed by atoms with Crippen LogP contribution in [0.4, 0.5) is 4.79 Å². The number of nitrogens with two attached hydrogens (primary N) is 1. The smallest absolute Gasteiger partial charge is 0.407 e. The van der Waals surface area contributed by atoms with E-state index in [1.54, 1.807) is 20.8 Å². The maximum absolute atomic E-state index is 11.7. The van der Waals surface area contributed by atoms with Gasteiger partial charge in [-0.15, -0.1) is 0 Å². The minimum atomic E-state index is -1.53. The Morgan fingerprint density at radius 2 is 1.90 bits per heavy atom. The molecule has 1 aromatic heterocycles. The summed E-state index contributed by atoms with van der Waals surface area (Å²) in [5.41, 5.74) is 4.20. The van der Waals surface area contributed by atoms with Gasteiger partial charge in [0.2, 0.25) is 5.72 Å². The molecule has 0 spiro atoms. The molecule has 0 radical (unpaired) electrons. The maximum Gasteiger partial charge on any atom is 0.407 e. The second-order valence-electron chi connectivity index (χ2n) is 8.74. The number of nitrogens with zero attached hydrogens (tertiary/aromatic N) is 2. The monoisotopic (exact) mass is 410 g/mol. The molecule has 1 amide bonds. The van der Waals surface area contributed by atoms with Crippen LogP contribution in [0.25, 0.3) is 0 Å². The maximum atomic E-state index is 11.7. The third kappa shape index (κ3) is 8.00. The second-order valence-corrected chi connectivity index (χ2v) is 8.74. The van der Waals surface area contributed by atoms with Crippen molar-refractivity contribution in [3.05, 3.63) is 11.7 Å². The third-order valence-corrected chi connectivity index (χ3v) is 4.75. The lowest BCUT2D eigenvalue weighted by atomic mass is 9.87. The molecule has 29 heavy (non-hydrogen) atoms. The molecular weight excluding hydrogens is 376 g/mol. The summed E-state index contributed by atoms with van der Waals surface area (Å²) >= 11 is 0. The molecule has 9 heteroatoms. The van der Waals surface area contributed by atoms with Gasteiger partial charge in [0, 0.05) is 26.3 Å². The van der Waals surface area contributed by atoms with E-state index in [4.69, 9.17) is 19.7 Å². The van der Waals surface area contributed by atoms with Crippen LogP contribution in [0.3, 0.4) is 0 Å². The number of carbonyl (C=O) groups is 2. The lowest BCUT2D eigenvalue weighted by Crippen LogP contribution is -2.42. The molecule has 1 aliphatic rings. The molecule has 2 rings (SSSR count). The minimum Gasteiger partial charge on any atom is -0.444 e. The van der Waals surface area contributed by atoms with Gasteiger partial charge in [-0.1, -0.05) is 37.3 Å². The first-order chi connectivity index (χ1) is 13.6. The molecule has 0 bridgehead atoms. The molecule has 1 atom stereocenters. The van der Waals surface area contributed by atoms with E-state index in [1.165, 1.54) is 26.2 Å². The first-order valence-corrected chi connectivity index (χ1v) is 10.4. The van der Waals surface area contributed by atoms with Crippen LogP contribution in [0.2, 0.25) is 0 Å². The Kier molecular flexibility index (Phi) is 8.01. The molecule has 1 aromatic rings. The molecular formula is C20H34N4O5. The van der Waals surface area contributed by atoms with Crippen molar-refractivity contribution in [2.24, 2.45) is 11.7 Å². The van der Waals surface area contributed by atoms with Gasteiger partial charge in [0.1, 0.15) is 5.60 Å². The fourth-order valence-corrected chi connectivity index (χ4v) is 3.47. The number of nitrogens with one attached hydrogen (secondary N) is 1. The van der Waals surface area contributed by atoms with Crippen molar-refractivity contribution in [1.82, 2.24) is 15.5 Å². The van der Waals surface area contributed by atoms with E-state index in [-0.39, 0.29) is 12.3 Å². The van der Waals surface area contributed by atoms with Gasteiger partial charge in [-0.25, -0.2) is 4.79 Å². The Bertz CT molecular complexity index is 679. The quantitative estimate of drug-likeness (QED) is 0.380. The van der Waals surface area contributed by atoms with E-state index in [9.17, 15) is 9.59 Å². The van der Waals surface area contributed by atoms with Crippen molar-refractivity contribution >= 4 is 12.1 Å². The first kappa shape index (κ1) is 23.1. The van der Waals surface area contributed by atoms with Crippen molar-refractivity contribution in [3.8, 4) is 0 Å². The van der Waals surface area contributed by atoms with Gasteiger partial charge in [0.15, 0.2) is 5.82 Å². The van der Waals surface area contributed by atoms with Gasteiger partial charge in [0.05, 0.1) is 0 Å². The number of rotatable bonds is 8. The Hall–Kier alpha value is -2.16. The number of hydrogen-bond donors (Lipinski definition) is 2. The molecule has 0 aliphatic heterocycles. The van der Waals surface area contributed by atoms with E-state index in [0.29, 0.717) is 24.7 Å². The van der Waals surface area contributed by atoms with Crippen LogP contribution in [0.5, 0.6) is 0 Å². The number of aromatic nitrogens is 2. The van der Waals surface area contributed by atoms with Crippen molar-refractivity contribution in [2.75, 3.05) is 6.54 Å². The zero-order valence-corrected chi connectivity index (χ0v) is 18.0. The average Bonchev–Trinajstić information content (AvgIpc) is 3.07. The van der Waals surface area contributed by atoms with Gasteiger partial charge in [-0.05, 0) is 33.1 Å². The number of hydrogen-bond acceptors (Lipinski definition) is 8. The molecule has 164 valence electrons. The first-order valence-electron chi connectivity index (χ1n) is 10.4. The molecule has 0 aromatic carbocycles. The Labute approximate surface area is 172 Å². The number of esters is 1. The lowest BCUT2D eigenvalue weighted by molar-refractivity contribution is -0.162. The zero-order chi connectivity index (χ0) is 21.5. The summed E-state index contributed by atoms with van der Waals surface area (Å²) in [6.07, 6.45) is 6.94. The molecule has 3 N–H and O–H groups in total. The van der Waals surface area contributed by atoms with E-state index in [1.807, 2.05) is 0 Å². The van der Waals surface area contributed by atoms with E-state index < -0.39 is 23.4 Å². The van der Waals surface area contributed by atoms with Gasteiger partial charge in [-0.2, -0.15) is 4.98 Å². The summed E-state index contributed by atoms with van der Waals surface area (Å²) in [6, 6.07) is 0. The highest BCUT2D eigenvalue weighted by Gasteiger charge is 2.37. The zero-order valence-electron chi connectivity index (χ0n) is 18.0. The Morgan fingerprint density at radius 1 is 1.21 bits per heavy atom. The predicted octanol–water partition coefficient (Wildman–Crippen LogP) is 3.17. The fraction of sp³-hybridized carbons (Fsp3) is 0.800. The highest BCUT2D eigenvalue weighted by atomic mass is 16.6. The third-order valence-electron chi connectivity index (χ3n) is 4.75. The summed E-state index contributed by atoms with van der Waals surface area (Å²) in [4.78, 5) is 27.7. The normalized spacial score (nSPS) is 17.4. The molecule has 9 nitrogen and oxygen atoms in total. The van der Waals surface area contributed by atoms with Crippen LogP contribution >= 0.6 is 0 Å². The van der Waals surface area contributed by atoms with Crippen LogP contribution < -0.4 is 11.1 Å². The molecule has 1 heterocycles. The molecule has 1 saturated carbocycles. The topological polar surface area (TPSA) is 130 Å². The lowest BCUT2D eigenvalue weighted by Gasteiger charge is -2.25. The van der Waals surface area contributed by atoms with Gasteiger partial charge < -0.3 is 19.3 Å². The average molecular weight is 411 g/mol. The van der Waals surface area contributed by atoms with Crippen LogP contribution in [0, 0.1) is 5.92 Å². The van der Waals surface area contributed by atoms with Crippen molar-refractivity contribution in [2.45, 2.75) is 90.4 Å². The summed E-state index contributed by atoms with van der Waals surface area (Å²) in [7, 11) is 0. The van der Waals surface area contributed by atoms with Crippen LogP contribution in [0.1, 0.15) is 84.4 Å². The second kappa shape index (κ2) is 10.0. The summed E-state index contributed by atoms with van der Waals surface area (Å²) in [5, 5.41) is 6.69. The van der Waals surface area contributed by atoms with Gasteiger partial charge in [0.25, 0.3) is 5.89 Å². The SMILES string of the molecule is CC(=O)O[C@@](N)(CCCNC(=O)OC(C)(C)C)c1nc(CC2CCCCC2)no1. The van der Waals surface area contributed by atoms with E-state index in [2.05, 4.69) is 15.5 Å². The Morgan fingerprint density at radius 3 is 2.52 bits per heavy atom. The largest absolute Gasteiger partial charge is 0.444 e. The summed E-state index contributed by atoms with van der Waals surface area (Å²) in [5.74, 6) is 0.671. The molecule has 0 unspecified atom stereocenters. The van der Waals surface area contributed by atoms with Crippen molar-refractivity contribution in [3.63, 3.8) is 0 Å². The van der Waals surface area contributed by atoms with Crippen molar-refractivity contribution in [1.29, 1.82) is 0 Å². The standard InChI is InChI=1S/C20H34N4O5/c1-14(25)27-20(21,11-8-12-22-18(26)28-19(2,3)4)17-23-16(24-29-17)13-15-9-6-5-7-10-15/h15H,5-13,21H2,1-4H3,(H,22,26)/t20-/m0/s1. The molecule has 1 fully saturated rings. The van der Waals surface area contributed by atoms with Crippen LogP contribution in [0.15, 0.2) is 4.52 Å². The number of alkyl carbamates (subject to hydrolysis) is 1. The van der Waals surface area contributed by atoms with Crippen LogP contribution in [-0.4, -0.2) is 34.3 Å². The highest BCUT2D eigenvalue weighted by molar-refractivity contribution is 5.67. The van der Waals surface area contributed by atoms with Gasteiger partial charge >= 0.3 is 12.1 Å². The minimum absolute atomic E-state index is 0.0794. The molecule has 0 saturated heterocycles. The van der Waals surface area contributed by atoms with E-state index in [0.717, 1.165) is 19.3 Å². The number of ether oxygens (including phenoxy) is 2. The summed E-state index contributed by atoms with van der Waals surface area (Å²) in [6.45, 7) is 6.95. The number of carbonyl (C=O) groups excluding carboxylic acids is 2. The van der Waals surface area contributed by atoms with E-state index >= 15 is 0 Å². The van der Waals surface area contributed by atoms with Crippen molar-refractivity contribution < 1.29 is 23.6 Å². The number of amides is 1. The molecule has 1 aliphatic carbocycles. The highest BCUT2D eigenvalue weighted by Crippen LogP contribution is 2.28.